The van der Waals surface area contributed by atoms with E-state index >= 15 is 0 Å². The second kappa shape index (κ2) is 8.77. The number of carboxylic acid groups (broad SMARTS) is 1. The molecule has 1 heterocycles. The lowest BCUT2D eigenvalue weighted by Gasteiger charge is -2.13. The summed E-state index contributed by atoms with van der Waals surface area (Å²) >= 11 is 0. The van der Waals surface area contributed by atoms with Gasteiger partial charge in [0.15, 0.2) is 0 Å². The molecule has 0 aliphatic rings. The van der Waals surface area contributed by atoms with Gasteiger partial charge < -0.3 is 10.4 Å². The molecule has 0 bridgehead atoms. The minimum atomic E-state index is -1.01. The van der Waals surface area contributed by atoms with Crippen LogP contribution in [0.3, 0.4) is 0 Å². The van der Waals surface area contributed by atoms with Crippen molar-refractivity contribution in [2.75, 3.05) is 5.32 Å². The van der Waals surface area contributed by atoms with E-state index in [4.69, 9.17) is 0 Å². The number of aliphatic carboxylic acids is 1. The molecule has 0 aliphatic carbocycles. The Labute approximate surface area is 161 Å². The van der Waals surface area contributed by atoms with Crippen LogP contribution in [0.4, 0.5) is 5.69 Å². The van der Waals surface area contributed by atoms with Crippen molar-refractivity contribution in [2.45, 2.75) is 12.8 Å². The Morgan fingerprint density at radius 1 is 1.04 bits per heavy atom. The fraction of sp³-hybridized carbons (Fsp3) is 0.143. The third-order valence-electron chi connectivity index (χ3n) is 4.23. The van der Waals surface area contributed by atoms with Crippen LogP contribution in [0.25, 0.3) is 11.3 Å². The van der Waals surface area contributed by atoms with Crippen molar-refractivity contribution < 1.29 is 14.7 Å². The molecule has 0 saturated heterocycles. The summed E-state index contributed by atoms with van der Waals surface area (Å²) < 4.78 is 0. The van der Waals surface area contributed by atoms with E-state index in [-0.39, 0.29) is 24.3 Å². The van der Waals surface area contributed by atoms with Crippen LogP contribution in [0, 0.1) is 5.92 Å². The van der Waals surface area contributed by atoms with Crippen LogP contribution < -0.4 is 10.9 Å². The van der Waals surface area contributed by atoms with Crippen molar-refractivity contribution in [1.29, 1.82) is 0 Å². The number of carbonyl (C=O) groups excluding carboxylic acids is 1. The number of aromatic nitrogens is 2. The average molecular weight is 377 g/mol. The van der Waals surface area contributed by atoms with Crippen molar-refractivity contribution in [3.8, 4) is 11.3 Å². The van der Waals surface area contributed by atoms with Crippen LogP contribution >= 0.6 is 0 Å². The van der Waals surface area contributed by atoms with Crippen molar-refractivity contribution in [1.82, 2.24) is 10.2 Å². The van der Waals surface area contributed by atoms with Crippen LogP contribution in [-0.2, 0) is 16.0 Å². The van der Waals surface area contributed by atoms with Gasteiger partial charge in [0.2, 0.25) is 5.91 Å². The first-order chi connectivity index (χ1) is 13.5. The van der Waals surface area contributed by atoms with Gasteiger partial charge in [0, 0.05) is 23.7 Å². The molecular weight excluding hydrogens is 358 g/mol. The van der Waals surface area contributed by atoms with Crippen molar-refractivity contribution in [3.05, 3.63) is 82.6 Å². The van der Waals surface area contributed by atoms with Gasteiger partial charge in [0.25, 0.3) is 5.56 Å². The number of carboxylic acids is 1. The number of aromatic amines is 1. The topological polar surface area (TPSA) is 112 Å². The molecule has 1 amide bonds. The summed E-state index contributed by atoms with van der Waals surface area (Å²) in [5.74, 6) is -2.20. The first-order valence-electron chi connectivity index (χ1n) is 8.74. The van der Waals surface area contributed by atoms with E-state index in [0.29, 0.717) is 16.9 Å². The third kappa shape index (κ3) is 5.14. The number of anilines is 1. The molecule has 3 aromatic rings. The van der Waals surface area contributed by atoms with E-state index in [0.717, 1.165) is 5.56 Å². The monoisotopic (exact) mass is 377 g/mol. The van der Waals surface area contributed by atoms with Gasteiger partial charge in [-0.05, 0) is 30.2 Å². The maximum atomic E-state index is 12.4. The van der Waals surface area contributed by atoms with Gasteiger partial charge in [0.05, 0.1) is 11.6 Å². The number of hydrogen-bond acceptors (Lipinski definition) is 4. The molecule has 0 fully saturated rings. The first kappa shape index (κ1) is 19.0. The van der Waals surface area contributed by atoms with Crippen LogP contribution in [0.15, 0.2) is 71.5 Å². The Morgan fingerprint density at radius 2 is 1.82 bits per heavy atom. The van der Waals surface area contributed by atoms with Gasteiger partial charge in [-0.1, -0.05) is 42.5 Å². The lowest BCUT2D eigenvalue weighted by Crippen LogP contribution is -2.24. The summed E-state index contributed by atoms with van der Waals surface area (Å²) in [5, 5.41) is 18.5. The van der Waals surface area contributed by atoms with Gasteiger partial charge in [-0.3, -0.25) is 14.4 Å². The standard InChI is InChI=1S/C21H19N3O4/c25-19-10-9-18(23-24-19)15-7-4-8-17(12-15)22-20(26)13-16(21(27)28)11-14-5-2-1-3-6-14/h1-10,12,16H,11,13H2,(H,22,26)(H,24,25)(H,27,28). The fourth-order valence-corrected chi connectivity index (χ4v) is 2.84. The van der Waals surface area contributed by atoms with Crippen molar-refractivity contribution in [2.24, 2.45) is 5.92 Å². The Morgan fingerprint density at radius 3 is 2.50 bits per heavy atom. The van der Waals surface area contributed by atoms with E-state index in [2.05, 4.69) is 15.5 Å². The number of rotatable bonds is 7. The molecule has 0 radical (unpaired) electrons. The quantitative estimate of drug-likeness (QED) is 0.586. The van der Waals surface area contributed by atoms with Crippen LogP contribution in [0.1, 0.15) is 12.0 Å². The molecule has 0 aliphatic heterocycles. The van der Waals surface area contributed by atoms with E-state index < -0.39 is 11.9 Å². The summed E-state index contributed by atoms with van der Waals surface area (Å²) in [5.41, 5.74) is 2.37. The Hall–Kier alpha value is -3.74. The van der Waals surface area contributed by atoms with Gasteiger partial charge in [-0.15, -0.1) is 0 Å². The molecule has 7 heteroatoms. The number of nitrogens with zero attached hydrogens (tertiary/aromatic N) is 1. The number of carbonyl (C=O) groups is 2. The number of benzene rings is 2. The lowest BCUT2D eigenvalue weighted by atomic mass is 9.96. The van der Waals surface area contributed by atoms with Gasteiger partial charge >= 0.3 is 5.97 Å². The fourth-order valence-electron chi connectivity index (χ4n) is 2.84. The smallest absolute Gasteiger partial charge is 0.307 e. The van der Waals surface area contributed by atoms with Crippen LogP contribution in [-0.4, -0.2) is 27.2 Å². The largest absolute Gasteiger partial charge is 0.481 e. The van der Waals surface area contributed by atoms with Gasteiger partial charge in [0.1, 0.15) is 0 Å². The Bertz CT molecular complexity index is 1010. The minimum absolute atomic E-state index is 0.134. The molecule has 3 rings (SSSR count). The third-order valence-corrected chi connectivity index (χ3v) is 4.23. The highest BCUT2D eigenvalue weighted by molar-refractivity contribution is 5.93. The zero-order valence-electron chi connectivity index (χ0n) is 15.0. The summed E-state index contributed by atoms with van der Waals surface area (Å²) in [6, 6.07) is 19.1. The van der Waals surface area contributed by atoms with Crippen LogP contribution in [0.2, 0.25) is 0 Å². The predicted octanol–water partition coefficient (Wildman–Crippen LogP) is 2.71. The van der Waals surface area contributed by atoms with E-state index in [1.165, 1.54) is 6.07 Å². The summed E-state index contributed by atoms with van der Waals surface area (Å²) in [4.78, 5) is 35.0. The van der Waals surface area contributed by atoms with Gasteiger partial charge in [-0.2, -0.15) is 5.10 Å². The number of hydrogen-bond donors (Lipinski definition) is 3. The lowest BCUT2D eigenvalue weighted by molar-refractivity contribution is -0.143. The Kier molecular flexibility index (Phi) is 5.96. The van der Waals surface area contributed by atoms with E-state index in [9.17, 15) is 19.5 Å². The summed E-state index contributed by atoms with van der Waals surface area (Å²) in [7, 11) is 0. The van der Waals surface area contributed by atoms with E-state index in [1.807, 2.05) is 30.3 Å². The number of H-pyrrole nitrogens is 1. The molecule has 1 atom stereocenters. The summed E-state index contributed by atoms with van der Waals surface area (Å²) in [6.07, 6.45) is 0.149. The molecule has 0 spiro atoms. The zero-order chi connectivity index (χ0) is 19.9. The predicted molar refractivity (Wildman–Crippen MR) is 105 cm³/mol. The molecule has 28 heavy (non-hydrogen) atoms. The SMILES string of the molecule is O=C(CC(Cc1ccccc1)C(=O)O)Nc1cccc(-c2ccc(=O)[nH]n2)c1. The average Bonchev–Trinajstić information content (AvgIpc) is 2.69. The van der Waals surface area contributed by atoms with Crippen molar-refractivity contribution in [3.63, 3.8) is 0 Å². The molecule has 2 aromatic carbocycles. The molecule has 0 saturated carbocycles. The molecular formula is C21H19N3O4. The second-order valence-corrected chi connectivity index (χ2v) is 6.36. The molecule has 3 N–H and O–H groups in total. The second-order valence-electron chi connectivity index (χ2n) is 6.36. The minimum Gasteiger partial charge on any atom is -0.481 e. The van der Waals surface area contributed by atoms with E-state index in [1.54, 1.807) is 30.3 Å². The summed E-state index contributed by atoms with van der Waals surface area (Å²) in [6.45, 7) is 0. The first-order valence-corrected chi connectivity index (χ1v) is 8.74. The highest BCUT2D eigenvalue weighted by atomic mass is 16.4. The molecule has 1 aromatic heterocycles. The highest BCUT2D eigenvalue weighted by Gasteiger charge is 2.22. The molecule has 1 unspecified atom stereocenters. The normalized spacial score (nSPS) is 11.6. The number of nitrogens with one attached hydrogen (secondary N) is 2. The van der Waals surface area contributed by atoms with Gasteiger partial charge in [-0.25, -0.2) is 5.10 Å². The molecule has 142 valence electrons. The zero-order valence-corrected chi connectivity index (χ0v) is 15.0. The maximum Gasteiger partial charge on any atom is 0.307 e. The van der Waals surface area contributed by atoms with Crippen LogP contribution in [0.5, 0.6) is 0 Å². The number of amides is 1. The molecule has 7 nitrogen and oxygen atoms in total. The highest BCUT2D eigenvalue weighted by Crippen LogP contribution is 2.21. The Balaban J connectivity index is 1.68. The maximum absolute atomic E-state index is 12.4. The van der Waals surface area contributed by atoms with Crippen molar-refractivity contribution >= 4 is 17.6 Å².